The van der Waals surface area contributed by atoms with Crippen molar-refractivity contribution in [1.82, 2.24) is 5.32 Å². The van der Waals surface area contributed by atoms with Gasteiger partial charge in [0, 0.05) is 34.9 Å². The molecule has 0 spiro atoms. The van der Waals surface area contributed by atoms with E-state index in [9.17, 15) is 0 Å². The van der Waals surface area contributed by atoms with E-state index in [0.29, 0.717) is 6.10 Å². The fourth-order valence-corrected chi connectivity index (χ4v) is 3.91. The number of ether oxygens (including phenoxy) is 2. The van der Waals surface area contributed by atoms with Crippen LogP contribution in [0.15, 0.2) is 24.3 Å². The third-order valence-electron chi connectivity index (χ3n) is 3.95. The summed E-state index contributed by atoms with van der Waals surface area (Å²) in [7, 11) is 0. The molecule has 1 aliphatic heterocycles. The highest BCUT2D eigenvalue weighted by atomic mass is 32.1. The average molecular weight is 305 g/mol. The monoisotopic (exact) mass is 305 g/mol. The Labute approximate surface area is 130 Å². The molecule has 3 rings (SSSR count). The third kappa shape index (κ3) is 3.64. The van der Waals surface area contributed by atoms with E-state index in [1.807, 2.05) is 11.3 Å². The largest absolute Gasteiger partial charge is 0.381 e. The highest BCUT2D eigenvalue weighted by molar-refractivity contribution is 7.19. The number of benzene rings is 1. The molecule has 1 aliphatic rings. The van der Waals surface area contributed by atoms with Gasteiger partial charge in [-0.3, -0.25) is 0 Å². The zero-order valence-electron chi connectivity index (χ0n) is 12.6. The molecule has 114 valence electrons. The zero-order chi connectivity index (χ0) is 14.5. The lowest BCUT2D eigenvalue weighted by molar-refractivity contribution is -0.0388. The van der Waals surface area contributed by atoms with Gasteiger partial charge in [-0.25, -0.2) is 0 Å². The van der Waals surface area contributed by atoms with Crippen molar-refractivity contribution >= 4 is 21.4 Å². The molecular formula is C17H23NO2S. The van der Waals surface area contributed by atoms with Crippen molar-refractivity contribution in [2.75, 3.05) is 19.8 Å². The first-order valence-electron chi connectivity index (χ1n) is 7.78. The lowest BCUT2D eigenvalue weighted by Gasteiger charge is -2.22. The Morgan fingerprint density at radius 1 is 1.29 bits per heavy atom. The van der Waals surface area contributed by atoms with Gasteiger partial charge in [-0.1, -0.05) is 25.1 Å². The first kappa shape index (κ1) is 15.0. The molecule has 4 heteroatoms. The van der Waals surface area contributed by atoms with Crippen molar-refractivity contribution in [2.24, 2.45) is 0 Å². The topological polar surface area (TPSA) is 30.5 Å². The van der Waals surface area contributed by atoms with Crippen molar-refractivity contribution in [3.63, 3.8) is 0 Å². The lowest BCUT2D eigenvalue weighted by atomic mass is 10.1. The summed E-state index contributed by atoms with van der Waals surface area (Å²) in [5.41, 5.74) is 1.36. The molecule has 21 heavy (non-hydrogen) atoms. The molecule has 0 amide bonds. The summed E-state index contributed by atoms with van der Waals surface area (Å²) in [5.74, 6) is 0. The molecule has 0 saturated carbocycles. The van der Waals surface area contributed by atoms with Crippen LogP contribution in [-0.4, -0.2) is 25.9 Å². The van der Waals surface area contributed by atoms with E-state index >= 15 is 0 Å². The van der Waals surface area contributed by atoms with Crippen molar-refractivity contribution in [1.29, 1.82) is 0 Å². The quantitative estimate of drug-likeness (QED) is 0.882. The second-order valence-corrected chi connectivity index (χ2v) is 6.54. The van der Waals surface area contributed by atoms with Crippen LogP contribution < -0.4 is 5.32 Å². The van der Waals surface area contributed by atoms with Gasteiger partial charge in [0.15, 0.2) is 0 Å². The minimum atomic E-state index is 0.351. The summed E-state index contributed by atoms with van der Waals surface area (Å²) < 4.78 is 12.9. The standard InChI is InChI=1S/C17H23NO2S/c1-2-18-11-17-15(12-20-13-7-9-19-10-8-13)14-5-3-4-6-16(14)21-17/h3-6,13,18H,2,7-12H2,1H3. The van der Waals surface area contributed by atoms with Gasteiger partial charge in [0.2, 0.25) is 0 Å². The molecule has 1 fully saturated rings. The van der Waals surface area contributed by atoms with Crippen LogP contribution in [0.2, 0.25) is 0 Å². The van der Waals surface area contributed by atoms with E-state index < -0.39 is 0 Å². The van der Waals surface area contributed by atoms with Gasteiger partial charge in [-0.05, 0) is 30.8 Å². The summed E-state index contributed by atoms with van der Waals surface area (Å²) in [6.45, 7) is 6.45. The number of rotatable bonds is 6. The van der Waals surface area contributed by atoms with E-state index in [1.165, 1.54) is 20.5 Å². The minimum absolute atomic E-state index is 0.351. The van der Waals surface area contributed by atoms with Gasteiger partial charge in [0.05, 0.1) is 12.7 Å². The Morgan fingerprint density at radius 3 is 2.90 bits per heavy atom. The predicted octanol–water partition coefficient (Wildman–Crippen LogP) is 3.71. The third-order valence-corrected chi connectivity index (χ3v) is 5.16. The molecule has 1 saturated heterocycles. The summed E-state index contributed by atoms with van der Waals surface area (Å²) in [4.78, 5) is 1.41. The zero-order valence-corrected chi connectivity index (χ0v) is 13.4. The van der Waals surface area contributed by atoms with Crippen molar-refractivity contribution in [3.05, 3.63) is 34.7 Å². The molecule has 2 aromatic rings. The van der Waals surface area contributed by atoms with Crippen molar-refractivity contribution in [2.45, 2.75) is 39.0 Å². The van der Waals surface area contributed by atoms with Crippen LogP contribution in [0.5, 0.6) is 0 Å². The molecule has 0 unspecified atom stereocenters. The van der Waals surface area contributed by atoms with E-state index in [2.05, 4.69) is 36.5 Å². The van der Waals surface area contributed by atoms with Crippen LogP contribution in [0, 0.1) is 0 Å². The summed E-state index contributed by atoms with van der Waals surface area (Å²) in [5, 5.41) is 4.79. The molecule has 1 N–H and O–H groups in total. The van der Waals surface area contributed by atoms with Crippen LogP contribution in [0.1, 0.15) is 30.2 Å². The highest BCUT2D eigenvalue weighted by Crippen LogP contribution is 2.32. The SMILES string of the molecule is CCNCc1sc2ccccc2c1COC1CCOCC1. The van der Waals surface area contributed by atoms with E-state index in [-0.39, 0.29) is 0 Å². The van der Waals surface area contributed by atoms with Gasteiger partial charge in [0.1, 0.15) is 0 Å². The number of fused-ring (bicyclic) bond motifs is 1. The van der Waals surface area contributed by atoms with Crippen LogP contribution in [-0.2, 0) is 22.6 Å². The molecule has 3 nitrogen and oxygen atoms in total. The van der Waals surface area contributed by atoms with E-state index in [0.717, 1.165) is 45.8 Å². The van der Waals surface area contributed by atoms with Crippen LogP contribution in [0.3, 0.4) is 0 Å². The molecule has 2 heterocycles. The average Bonchev–Trinajstić information content (AvgIpc) is 2.89. The first-order chi connectivity index (χ1) is 10.4. The van der Waals surface area contributed by atoms with Gasteiger partial charge in [0.25, 0.3) is 0 Å². The number of hydrogen-bond donors (Lipinski definition) is 1. The van der Waals surface area contributed by atoms with Crippen LogP contribution in [0.25, 0.3) is 10.1 Å². The van der Waals surface area contributed by atoms with Gasteiger partial charge >= 0.3 is 0 Å². The molecule has 1 aromatic carbocycles. The van der Waals surface area contributed by atoms with E-state index in [1.54, 1.807) is 0 Å². The molecular weight excluding hydrogens is 282 g/mol. The van der Waals surface area contributed by atoms with Crippen molar-refractivity contribution < 1.29 is 9.47 Å². The molecule has 0 atom stereocenters. The Kier molecular flexibility index (Phi) is 5.25. The maximum Gasteiger partial charge on any atom is 0.0738 e. The summed E-state index contributed by atoms with van der Waals surface area (Å²) >= 11 is 1.88. The minimum Gasteiger partial charge on any atom is -0.381 e. The Balaban J connectivity index is 1.77. The lowest BCUT2D eigenvalue weighted by Crippen LogP contribution is -2.23. The maximum absolute atomic E-state index is 6.15. The van der Waals surface area contributed by atoms with Crippen molar-refractivity contribution in [3.8, 4) is 0 Å². The second kappa shape index (κ2) is 7.36. The smallest absolute Gasteiger partial charge is 0.0738 e. The van der Waals surface area contributed by atoms with Crippen LogP contribution in [0.4, 0.5) is 0 Å². The first-order valence-corrected chi connectivity index (χ1v) is 8.59. The van der Waals surface area contributed by atoms with Crippen LogP contribution >= 0.6 is 11.3 Å². The van der Waals surface area contributed by atoms with Gasteiger partial charge < -0.3 is 14.8 Å². The maximum atomic E-state index is 6.15. The summed E-state index contributed by atoms with van der Waals surface area (Å²) in [6.07, 6.45) is 2.39. The number of nitrogens with one attached hydrogen (secondary N) is 1. The normalized spacial score (nSPS) is 16.6. The Hall–Kier alpha value is -0.940. The fourth-order valence-electron chi connectivity index (χ4n) is 2.73. The van der Waals surface area contributed by atoms with Gasteiger partial charge in [-0.15, -0.1) is 11.3 Å². The molecule has 0 radical (unpaired) electrons. The molecule has 1 aromatic heterocycles. The summed E-state index contributed by atoms with van der Waals surface area (Å²) in [6, 6.07) is 8.64. The molecule has 0 bridgehead atoms. The predicted molar refractivity (Wildman–Crippen MR) is 87.8 cm³/mol. The van der Waals surface area contributed by atoms with E-state index in [4.69, 9.17) is 9.47 Å². The fraction of sp³-hybridized carbons (Fsp3) is 0.529. The second-order valence-electron chi connectivity index (χ2n) is 5.40. The Morgan fingerprint density at radius 2 is 2.10 bits per heavy atom. The highest BCUT2D eigenvalue weighted by Gasteiger charge is 2.17. The molecule has 0 aliphatic carbocycles. The number of thiophene rings is 1. The van der Waals surface area contributed by atoms with Gasteiger partial charge in [-0.2, -0.15) is 0 Å². The number of hydrogen-bond acceptors (Lipinski definition) is 4. The Bertz CT molecular complexity index is 575.